The Labute approximate surface area is 91.0 Å². The third kappa shape index (κ3) is 1.56. The van der Waals surface area contributed by atoms with Crippen LogP contribution in [0.2, 0.25) is 0 Å². The van der Waals surface area contributed by atoms with Gasteiger partial charge in [-0.25, -0.2) is 13.6 Å². The van der Waals surface area contributed by atoms with Crippen LogP contribution in [0.5, 0.6) is 0 Å². The van der Waals surface area contributed by atoms with Crippen molar-refractivity contribution in [3.63, 3.8) is 0 Å². The number of carboxylic acid groups (broad SMARTS) is 1. The lowest BCUT2D eigenvalue weighted by atomic mass is 9.47. The molecule has 2 rings (SSSR count). The largest absolute Gasteiger partial charge is 0.480 e. The maximum atomic E-state index is 12.7. The molecule has 2 aliphatic carbocycles. The first-order chi connectivity index (χ1) is 7.19. The van der Waals surface area contributed by atoms with E-state index in [1.54, 1.807) is 0 Å². The molecule has 2 N–H and O–H groups in total. The highest BCUT2D eigenvalue weighted by molar-refractivity contribution is 5.87. The van der Waals surface area contributed by atoms with Gasteiger partial charge in [-0.2, -0.15) is 0 Å². The molecule has 0 radical (unpaired) electrons. The summed E-state index contributed by atoms with van der Waals surface area (Å²) in [6.45, 7) is 1.23. The van der Waals surface area contributed by atoms with Crippen molar-refractivity contribution in [3.8, 4) is 0 Å². The Morgan fingerprint density at radius 3 is 2.00 bits per heavy atom. The van der Waals surface area contributed by atoms with Crippen LogP contribution in [-0.2, 0) is 9.59 Å². The third-order valence-electron chi connectivity index (χ3n) is 3.45. The second kappa shape index (κ2) is 2.93. The molecule has 0 aromatic rings. The van der Waals surface area contributed by atoms with E-state index in [4.69, 9.17) is 5.11 Å². The minimum atomic E-state index is -2.65. The lowest BCUT2D eigenvalue weighted by molar-refractivity contribution is -0.221. The number of hydrogen-bond donors (Lipinski definition) is 2. The van der Waals surface area contributed by atoms with Crippen LogP contribution in [0.4, 0.5) is 8.78 Å². The Morgan fingerprint density at radius 1 is 1.19 bits per heavy atom. The van der Waals surface area contributed by atoms with E-state index in [1.165, 1.54) is 6.92 Å². The van der Waals surface area contributed by atoms with Gasteiger partial charge in [-0.15, -0.1) is 0 Å². The Bertz CT molecular complexity index is 351. The van der Waals surface area contributed by atoms with Crippen LogP contribution in [0.3, 0.4) is 0 Å². The van der Waals surface area contributed by atoms with Crippen molar-refractivity contribution in [1.82, 2.24) is 5.32 Å². The fraction of sp³-hybridized carbons (Fsp3) is 0.800. The van der Waals surface area contributed by atoms with Crippen LogP contribution < -0.4 is 5.32 Å². The predicted molar refractivity (Wildman–Crippen MR) is 50.0 cm³/mol. The number of halogens is 2. The molecule has 2 aliphatic rings. The molecule has 0 aliphatic heterocycles. The minimum Gasteiger partial charge on any atom is -0.480 e. The van der Waals surface area contributed by atoms with E-state index in [2.05, 4.69) is 5.32 Å². The van der Waals surface area contributed by atoms with Crippen molar-refractivity contribution in [2.24, 2.45) is 5.41 Å². The summed E-state index contributed by atoms with van der Waals surface area (Å²) in [5, 5.41) is 11.4. The Kier molecular flexibility index (Phi) is 2.06. The van der Waals surface area contributed by atoms with Crippen molar-refractivity contribution in [1.29, 1.82) is 0 Å². The average Bonchev–Trinajstić information content (AvgIpc) is 1.94. The first kappa shape index (κ1) is 11.3. The van der Waals surface area contributed by atoms with Crippen LogP contribution >= 0.6 is 0 Å². The molecule has 16 heavy (non-hydrogen) atoms. The van der Waals surface area contributed by atoms with E-state index < -0.39 is 28.8 Å². The first-order valence-electron chi connectivity index (χ1n) is 5.09. The number of alkyl halides is 2. The maximum absolute atomic E-state index is 12.7. The van der Waals surface area contributed by atoms with Crippen LogP contribution in [0.25, 0.3) is 0 Å². The molecule has 0 saturated heterocycles. The molecule has 0 aromatic carbocycles. The molecule has 6 heteroatoms. The van der Waals surface area contributed by atoms with Crippen molar-refractivity contribution in [3.05, 3.63) is 0 Å². The fourth-order valence-electron chi connectivity index (χ4n) is 3.15. The highest BCUT2D eigenvalue weighted by atomic mass is 19.3. The van der Waals surface area contributed by atoms with Crippen LogP contribution in [0.1, 0.15) is 32.6 Å². The van der Waals surface area contributed by atoms with E-state index in [0.29, 0.717) is 0 Å². The molecule has 1 spiro atoms. The first-order valence-corrected chi connectivity index (χ1v) is 5.09. The Hall–Kier alpha value is -1.20. The summed E-state index contributed by atoms with van der Waals surface area (Å²) in [6, 6.07) is 0. The van der Waals surface area contributed by atoms with Gasteiger partial charge in [0.2, 0.25) is 11.8 Å². The Morgan fingerprint density at radius 2 is 1.69 bits per heavy atom. The number of aliphatic carboxylic acids is 1. The summed E-state index contributed by atoms with van der Waals surface area (Å²) in [7, 11) is 0. The normalized spacial score (nSPS) is 27.7. The molecule has 90 valence electrons. The topological polar surface area (TPSA) is 66.4 Å². The lowest BCUT2D eigenvalue weighted by Gasteiger charge is -2.61. The number of nitrogens with one attached hydrogen (secondary N) is 1. The molecule has 0 aromatic heterocycles. The summed E-state index contributed by atoms with van der Waals surface area (Å²) >= 11 is 0. The average molecular weight is 233 g/mol. The van der Waals surface area contributed by atoms with E-state index in [9.17, 15) is 18.4 Å². The quantitative estimate of drug-likeness (QED) is 0.752. The van der Waals surface area contributed by atoms with E-state index in [0.717, 1.165) is 0 Å². The van der Waals surface area contributed by atoms with Gasteiger partial charge in [-0.1, -0.05) is 0 Å². The molecule has 4 nitrogen and oxygen atoms in total. The molecule has 0 heterocycles. The third-order valence-corrected chi connectivity index (χ3v) is 3.45. The number of carbonyl (C=O) groups is 2. The van der Waals surface area contributed by atoms with E-state index in [-0.39, 0.29) is 25.7 Å². The predicted octanol–water partition coefficient (Wildman–Crippen LogP) is 1.16. The second-order valence-electron chi connectivity index (χ2n) is 5.13. The molecule has 1 amide bonds. The minimum absolute atomic E-state index is 0.116. The van der Waals surface area contributed by atoms with Gasteiger partial charge in [0, 0.05) is 19.8 Å². The summed E-state index contributed by atoms with van der Waals surface area (Å²) in [6.07, 6.45) is -0.280. The second-order valence-corrected chi connectivity index (χ2v) is 5.13. The molecule has 0 atom stereocenters. The molecular weight excluding hydrogens is 220 g/mol. The van der Waals surface area contributed by atoms with Gasteiger partial charge in [-0.3, -0.25) is 4.79 Å². The SMILES string of the molecule is CC(=O)NC1(C(=O)O)CC2(CC(F)(F)C2)C1. The van der Waals surface area contributed by atoms with Gasteiger partial charge in [0.25, 0.3) is 0 Å². The smallest absolute Gasteiger partial charge is 0.329 e. The number of amides is 1. The van der Waals surface area contributed by atoms with Gasteiger partial charge in [0.15, 0.2) is 0 Å². The standard InChI is InChI=1S/C10H13F2NO3/c1-6(14)13-9(7(15)16)2-8(3-9)4-10(11,12)5-8/h2-5H2,1H3,(H,13,14)(H,15,16). The van der Waals surface area contributed by atoms with Gasteiger partial charge in [0.1, 0.15) is 5.54 Å². The lowest BCUT2D eigenvalue weighted by Crippen LogP contribution is -2.70. The van der Waals surface area contributed by atoms with Crippen molar-refractivity contribution in [2.45, 2.75) is 44.1 Å². The summed E-state index contributed by atoms with van der Waals surface area (Å²) < 4.78 is 25.5. The Balaban J connectivity index is 2.02. The number of carbonyl (C=O) groups excluding carboxylic acids is 1. The highest BCUT2D eigenvalue weighted by Crippen LogP contribution is 2.65. The van der Waals surface area contributed by atoms with Gasteiger partial charge in [-0.05, 0) is 18.3 Å². The van der Waals surface area contributed by atoms with Crippen LogP contribution in [0, 0.1) is 5.41 Å². The van der Waals surface area contributed by atoms with Gasteiger partial charge >= 0.3 is 5.97 Å². The summed E-state index contributed by atoms with van der Waals surface area (Å²) in [5.41, 5.74) is -1.88. The molecule has 0 bridgehead atoms. The maximum Gasteiger partial charge on any atom is 0.329 e. The zero-order valence-electron chi connectivity index (χ0n) is 8.85. The summed E-state index contributed by atoms with van der Waals surface area (Å²) in [5.74, 6) is -4.23. The molecule has 0 unspecified atom stereocenters. The number of rotatable bonds is 2. The monoisotopic (exact) mass is 233 g/mol. The molecule has 2 saturated carbocycles. The van der Waals surface area contributed by atoms with E-state index >= 15 is 0 Å². The molecular formula is C10H13F2NO3. The zero-order valence-corrected chi connectivity index (χ0v) is 8.85. The van der Waals surface area contributed by atoms with Crippen LogP contribution in [-0.4, -0.2) is 28.4 Å². The van der Waals surface area contributed by atoms with Crippen molar-refractivity contribution in [2.75, 3.05) is 0 Å². The van der Waals surface area contributed by atoms with Crippen molar-refractivity contribution >= 4 is 11.9 Å². The van der Waals surface area contributed by atoms with E-state index in [1.807, 2.05) is 0 Å². The highest BCUT2D eigenvalue weighted by Gasteiger charge is 2.69. The molecule has 2 fully saturated rings. The van der Waals surface area contributed by atoms with Gasteiger partial charge < -0.3 is 10.4 Å². The zero-order chi connectivity index (χ0) is 12.2. The fourth-order valence-corrected chi connectivity index (χ4v) is 3.15. The van der Waals surface area contributed by atoms with Gasteiger partial charge in [0.05, 0.1) is 0 Å². The number of carboxylic acids is 1. The van der Waals surface area contributed by atoms with Crippen molar-refractivity contribution < 1.29 is 23.5 Å². The number of hydrogen-bond acceptors (Lipinski definition) is 2. The van der Waals surface area contributed by atoms with Crippen LogP contribution in [0.15, 0.2) is 0 Å². The summed E-state index contributed by atoms with van der Waals surface area (Å²) in [4.78, 5) is 21.9.